The summed E-state index contributed by atoms with van der Waals surface area (Å²) in [7, 11) is 0. The van der Waals surface area contributed by atoms with Gasteiger partial charge in [-0.15, -0.1) is 0 Å². The minimum atomic E-state index is -0.353. The van der Waals surface area contributed by atoms with E-state index in [2.05, 4.69) is 36.5 Å². The molecule has 1 N–H and O–H groups in total. The summed E-state index contributed by atoms with van der Waals surface area (Å²) in [6.45, 7) is 6.39. The molecule has 0 radical (unpaired) electrons. The molecule has 1 heterocycles. The van der Waals surface area contributed by atoms with Crippen molar-refractivity contribution < 1.29 is 23.5 Å². The Kier molecular flexibility index (Phi) is 7.55. The number of alkyl carbamates (subject to hydrolysis) is 1. The molecular weight excluding hydrogens is 469 g/mol. The Morgan fingerprint density at radius 1 is 1.22 bits per heavy atom. The molecule has 6 heteroatoms. The molecule has 0 bridgehead atoms. The molecule has 0 aromatic heterocycles. The van der Waals surface area contributed by atoms with Crippen LogP contribution in [0.25, 0.3) is 5.57 Å². The molecule has 4 aliphatic rings. The van der Waals surface area contributed by atoms with Gasteiger partial charge >= 0.3 is 12.1 Å². The van der Waals surface area contributed by atoms with Crippen molar-refractivity contribution in [2.45, 2.75) is 65.0 Å². The van der Waals surface area contributed by atoms with Crippen LogP contribution in [0.15, 0.2) is 54.1 Å². The lowest BCUT2D eigenvalue weighted by Gasteiger charge is -2.47. The van der Waals surface area contributed by atoms with Crippen molar-refractivity contribution in [3.05, 3.63) is 65.5 Å². The third-order valence-corrected chi connectivity index (χ3v) is 8.99. The molecule has 0 spiro atoms. The Morgan fingerprint density at radius 2 is 2.05 bits per heavy atom. The number of benzene rings is 1. The molecule has 2 unspecified atom stereocenters. The molecule has 37 heavy (non-hydrogen) atoms. The van der Waals surface area contributed by atoms with Crippen molar-refractivity contribution in [2.75, 3.05) is 6.61 Å². The van der Waals surface area contributed by atoms with Gasteiger partial charge in [-0.1, -0.05) is 43.4 Å². The molecule has 1 aromatic carbocycles. The molecule has 2 saturated carbocycles. The molecule has 3 fully saturated rings. The number of fused-ring (bicyclic) bond motifs is 2. The fraction of sp³-hybridized carbons (Fsp3) is 0.548. The van der Waals surface area contributed by atoms with Crippen molar-refractivity contribution >= 4 is 17.6 Å². The Balaban J connectivity index is 1.35. The van der Waals surface area contributed by atoms with E-state index in [1.54, 1.807) is 12.1 Å². The summed E-state index contributed by atoms with van der Waals surface area (Å²) < 4.78 is 24.6. The number of carbonyl (C=O) groups is 2. The number of halogens is 1. The van der Waals surface area contributed by atoms with Crippen LogP contribution in [-0.4, -0.2) is 30.8 Å². The molecule has 5 rings (SSSR count). The van der Waals surface area contributed by atoms with Gasteiger partial charge in [0.15, 0.2) is 0 Å². The quantitative estimate of drug-likeness (QED) is 0.465. The van der Waals surface area contributed by atoms with Crippen LogP contribution >= 0.6 is 0 Å². The molecular formula is C31H38FNO4. The van der Waals surface area contributed by atoms with E-state index in [-0.39, 0.29) is 53.7 Å². The number of carbonyl (C=O) groups excluding carboxylic acids is 2. The number of allylic oxidation sites excluding steroid dienone is 6. The lowest BCUT2D eigenvalue weighted by atomic mass is 9.57. The predicted octanol–water partition coefficient (Wildman–Crippen LogP) is 6.46. The maximum atomic E-state index is 13.8. The first-order valence-corrected chi connectivity index (χ1v) is 13.8. The van der Waals surface area contributed by atoms with Gasteiger partial charge in [-0.3, -0.25) is 4.79 Å². The monoisotopic (exact) mass is 507 g/mol. The summed E-state index contributed by atoms with van der Waals surface area (Å²) in [5, 5.41) is 3.02. The Labute approximate surface area is 219 Å². The average molecular weight is 508 g/mol. The van der Waals surface area contributed by atoms with Gasteiger partial charge in [0, 0.05) is 12.0 Å². The van der Waals surface area contributed by atoms with Gasteiger partial charge in [0.1, 0.15) is 11.9 Å². The Morgan fingerprint density at radius 3 is 2.81 bits per heavy atom. The lowest BCUT2D eigenvalue weighted by Crippen LogP contribution is -2.48. The predicted molar refractivity (Wildman–Crippen MR) is 141 cm³/mol. The second-order valence-corrected chi connectivity index (χ2v) is 11.3. The zero-order valence-electron chi connectivity index (χ0n) is 22.0. The second kappa shape index (κ2) is 10.8. The first-order valence-electron chi connectivity index (χ1n) is 13.8. The number of nitrogens with one attached hydrogen (secondary N) is 1. The van der Waals surface area contributed by atoms with E-state index in [9.17, 15) is 14.0 Å². The molecule has 1 aromatic rings. The normalized spacial score (nSPS) is 35.2. The third kappa shape index (κ3) is 5.39. The van der Waals surface area contributed by atoms with Crippen LogP contribution in [0.5, 0.6) is 0 Å². The molecule has 8 atom stereocenters. The highest BCUT2D eigenvalue weighted by Gasteiger charge is 2.54. The van der Waals surface area contributed by atoms with Crippen molar-refractivity contribution in [1.29, 1.82) is 0 Å². The van der Waals surface area contributed by atoms with E-state index in [0.29, 0.717) is 18.4 Å². The van der Waals surface area contributed by atoms with Crippen LogP contribution in [0.3, 0.4) is 0 Å². The topological polar surface area (TPSA) is 64.6 Å². The van der Waals surface area contributed by atoms with E-state index in [1.165, 1.54) is 11.6 Å². The summed E-state index contributed by atoms with van der Waals surface area (Å²) in [4.78, 5) is 24.7. The number of hydrogen-bond acceptors (Lipinski definition) is 4. The van der Waals surface area contributed by atoms with Crippen LogP contribution in [-0.2, 0) is 14.3 Å². The van der Waals surface area contributed by atoms with Crippen LogP contribution < -0.4 is 5.32 Å². The van der Waals surface area contributed by atoms with Crippen molar-refractivity contribution in [2.24, 2.45) is 35.5 Å². The summed E-state index contributed by atoms with van der Waals surface area (Å²) in [5.74, 6) is 1.23. The fourth-order valence-electron chi connectivity index (χ4n) is 7.39. The van der Waals surface area contributed by atoms with Crippen LogP contribution in [0.2, 0.25) is 0 Å². The number of hydrogen-bond donors (Lipinski definition) is 1. The first kappa shape index (κ1) is 25.7. The van der Waals surface area contributed by atoms with Gasteiger partial charge in [-0.2, -0.15) is 0 Å². The minimum absolute atomic E-state index is 0.0667. The van der Waals surface area contributed by atoms with E-state index in [0.717, 1.165) is 43.2 Å². The van der Waals surface area contributed by atoms with Gasteiger partial charge in [0.25, 0.3) is 0 Å². The smallest absolute Gasteiger partial charge is 0.407 e. The Bertz CT molecular complexity index is 1120. The average Bonchev–Trinajstić information content (AvgIpc) is 3.14. The van der Waals surface area contributed by atoms with Crippen LogP contribution in [0, 0.1) is 41.3 Å². The molecule has 198 valence electrons. The van der Waals surface area contributed by atoms with E-state index in [4.69, 9.17) is 9.47 Å². The SMILES string of the molecule is CCOC(=O)N[C@H]1CC[C@H]2C(/C=C/C3=CC=C(c4cccc(F)c4)C(C)C3)[C@@H]3[C@H](C)OC(=O)[C@@H]3C[C@H]2C1. The summed E-state index contributed by atoms with van der Waals surface area (Å²) >= 11 is 0. The second-order valence-electron chi connectivity index (χ2n) is 11.3. The summed E-state index contributed by atoms with van der Waals surface area (Å²) in [6, 6.07) is 6.89. The third-order valence-electron chi connectivity index (χ3n) is 8.99. The van der Waals surface area contributed by atoms with Gasteiger partial charge in [0.05, 0.1) is 12.5 Å². The van der Waals surface area contributed by atoms with Gasteiger partial charge in [-0.25, -0.2) is 9.18 Å². The van der Waals surface area contributed by atoms with E-state index in [1.807, 2.05) is 19.9 Å². The number of esters is 1. The van der Waals surface area contributed by atoms with Crippen molar-refractivity contribution in [1.82, 2.24) is 5.32 Å². The zero-order chi connectivity index (χ0) is 26.1. The molecule has 3 aliphatic carbocycles. The number of amides is 1. The highest BCUT2D eigenvalue weighted by molar-refractivity contribution is 5.75. The highest BCUT2D eigenvalue weighted by atomic mass is 19.1. The molecule has 1 saturated heterocycles. The van der Waals surface area contributed by atoms with Crippen LogP contribution in [0.4, 0.5) is 9.18 Å². The highest BCUT2D eigenvalue weighted by Crippen LogP contribution is 2.53. The van der Waals surface area contributed by atoms with Gasteiger partial charge in [0.2, 0.25) is 0 Å². The Hall–Kier alpha value is -2.89. The zero-order valence-corrected chi connectivity index (χ0v) is 22.0. The lowest BCUT2D eigenvalue weighted by molar-refractivity contribution is -0.144. The van der Waals surface area contributed by atoms with Gasteiger partial charge in [-0.05, 0) is 98.5 Å². The van der Waals surface area contributed by atoms with Crippen molar-refractivity contribution in [3.63, 3.8) is 0 Å². The maximum Gasteiger partial charge on any atom is 0.407 e. The van der Waals surface area contributed by atoms with Crippen molar-refractivity contribution in [3.8, 4) is 0 Å². The molecule has 1 amide bonds. The van der Waals surface area contributed by atoms with Gasteiger partial charge < -0.3 is 14.8 Å². The van der Waals surface area contributed by atoms with E-state index < -0.39 is 0 Å². The number of cyclic esters (lactones) is 1. The minimum Gasteiger partial charge on any atom is -0.462 e. The largest absolute Gasteiger partial charge is 0.462 e. The number of rotatable bonds is 5. The number of ether oxygens (including phenoxy) is 2. The summed E-state index contributed by atoms with van der Waals surface area (Å²) in [6.07, 6.45) is 13.0. The van der Waals surface area contributed by atoms with Crippen LogP contribution in [0.1, 0.15) is 58.4 Å². The molecule has 1 aliphatic heterocycles. The first-order chi connectivity index (χ1) is 17.8. The molecule has 5 nitrogen and oxygen atoms in total. The fourth-order valence-corrected chi connectivity index (χ4v) is 7.39. The summed E-state index contributed by atoms with van der Waals surface area (Å²) in [5.41, 5.74) is 3.35. The maximum absolute atomic E-state index is 13.8. The van der Waals surface area contributed by atoms with E-state index >= 15 is 0 Å². The standard InChI is InChI=1S/C31H38FNO4/c1-4-36-31(35)33-24-10-13-26-22(16-24)17-28-29(19(3)37-30(28)34)27(26)12-9-20-8-11-25(18(2)14-20)21-6-5-7-23(32)15-21/h5-9,11-12,15,18-19,22,24,26-29H,4,10,13-14,16-17H2,1-3H3,(H,33,35)/b12-9+/t18?,19-,22+,24-,26+,27?,28+,29-/m0/s1.